The van der Waals surface area contributed by atoms with E-state index in [2.05, 4.69) is 39.6 Å². The Labute approximate surface area is 89.9 Å². The molecular formula is C12H28N2. The zero-order chi connectivity index (χ0) is 11.1. The molecule has 0 saturated carbocycles. The summed E-state index contributed by atoms with van der Waals surface area (Å²) in [6.45, 7) is 11.0. The van der Waals surface area contributed by atoms with E-state index in [4.69, 9.17) is 5.73 Å². The SMILES string of the molecule is CCCC(C)N(C)CC(CN)C(C)C. The second-order valence-corrected chi connectivity index (χ2v) is 4.82. The summed E-state index contributed by atoms with van der Waals surface area (Å²) in [6.07, 6.45) is 2.55. The number of hydrogen-bond donors (Lipinski definition) is 1. The van der Waals surface area contributed by atoms with Gasteiger partial charge in [-0.05, 0) is 38.8 Å². The van der Waals surface area contributed by atoms with E-state index in [1.165, 1.54) is 12.8 Å². The van der Waals surface area contributed by atoms with Gasteiger partial charge in [0.15, 0.2) is 0 Å². The summed E-state index contributed by atoms with van der Waals surface area (Å²) >= 11 is 0. The third-order valence-corrected chi connectivity index (χ3v) is 3.23. The van der Waals surface area contributed by atoms with Crippen LogP contribution in [0.15, 0.2) is 0 Å². The van der Waals surface area contributed by atoms with Crippen LogP contribution in [0.5, 0.6) is 0 Å². The second-order valence-electron chi connectivity index (χ2n) is 4.82. The lowest BCUT2D eigenvalue weighted by atomic mass is 9.95. The molecule has 0 rings (SSSR count). The highest BCUT2D eigenvalue weighted by atomic mass is 15.1. The van der Waals surface area contributed by atoms with Gasteiger partial charge in [0.25, 0.3) is 0 Å². The predicted octanol–water partition coefficient (Wildman–Crippen LogP) is 2.34. The molecule has 2 nitrogen and oxygen atoms in total. The first kappa shape index (κ1) is 13.9. The Bertz CT molecular complexity index is 134. The Kier molecular flexibility index (Phi) is 7.20. The van der Waals surface area contributed by atoms with Gasteiger partial charge in [-0.2, -0.15) is 0 Å². The fraction of sp³-hybridized carbons (Fsp3) is 1.00. The summed E-state index contributed by atoms with van der Waals surface area (Å²) in [5.74, 6) is 1.33. The highest BCUT2D eigenvalue weighted by Crippen LogP contribution is 2.13. The van der Waals surface area contributed by atoms with E-state index < -0.39 is 0 Å². The van der Waals surface area contributed by atoms with Crippen molar-refractivity contribution in [2.24, 2.45) is 17.6 Å². The Morgan fingerprint density at radius 1 is 1.21 bits per heavy atom. The van der Waals surface area contributed by atoms with Crippen LogP contribution in [0.3, 0.4) is 0 Å². The lowest BCUT2D eigenvalue weighted by molar-refractivity contribution is 0.187. The van der Waals surface area contributed by atoms with Crippen LogP contribution in [0.2, 0.25) is 0 Å². The lowest BCUT2D eigenvalue weighted by Gasteiger charge is -2.30. The van der Waals surface area contributed by atoms with Crippen LogP contribution in [0.25, 0.3) is 0 Å². The van der Waals surface area contributed by atoms with E-state index >= 15 is 0 Å². The summed E-state index contributed by atoms with van der Waals surface area (Å²) in [5, 5.41) is 0. The number of hydrogen-bond acceptors (Lipinski definition) is 2. The molecule has 0 bridgehead atoms. The Balaban J connectivity index is 3.94. The van der Waals surface area contributed by atoms with Crippen LogP contribution < -0.4 is 5.73 Å². The molecular weight excluding hydrogens is 172 g/mol. The largest absolute Gasteiger partial charge is 0.330 e. The Morgan fingerprint density at radius 3 is 2.14 bits per heavy atom. The highest BCUT2D eigenvalue weighted by molar-refractivity contribution is 4.71. The van der Waals surface area contributed by atoms with Gasteiger partial charge < -0.3 is 10.6 Å². The molecule has 0 heterocycles. The molecule has 2 heteroatoms. The molecule has 0 fully saturated rings. The van der Waals surface area contributed by atoms with Gasteiger partial charge in [-0.1, -0.05) is 27.2 Å². The minimum atomic E-state index is 0.638. The average Bonchev–Trinajstić information content (AvgIpc) is 2.13. The first-order chi connectivity index (χ1) is 6.52. The van der Waals surface area contributed by atoms with Crippen molar-refractivity contribution in [3.8, 4) is 0 Å². The summed E-state index contributed by atoms with van der Waals surface area (Å²) < 4.78 is 0. The Morgan fingerprint density at radius 2 is 1.79 bits per heavy atom. The second kappa shape index (κ2) is 7.24. The molecule has 0 aromatic carbocycles. The summed E-state index contributed by atoms with van der Waals surface area (Å²) in [4.78, 5) is 2.45. The molecule has 0 spiro atoms. The lowest BCUT2D eigenvalue weighted by Crippen LogP contribution is -2.38. The van der Waals surface area contributed by atoms with Crippen molar-refractivity contribution in [2.75, 3.05) is 20.1 Å². The van der Waals surface area contributed by atoms with Gasteiger partial charge in [0, 0.05) is 12.6 Å². The maximum atomic E-state index is 5.77. The van der Waals surface area contributed by atoms with Gasteiger partial charge in [-0.25, -0.2) is 0 Å². The van der Waals surface area contributed by atoms with Gasteiger partial charge in [0.2, 0.25) is 0 Å². The molecule has 0 aliphatic rings. The van der Waals surface area contributed by atoms with Crippen LogP contribution in [-0.4, -0.2) is 31.1 Å². The molecule has 0 aliphatic heterocycles. The van der Waals surface area contributed by atoms with E-state index in [1.54, 1.807) is 0 Å². The van der Waals surface area contributed by atoms with Gasteiger partial charge in [-0.15, -0.1) is 0 Å². The highest BCUT2D eigenvalue weighted by Gasteiger charge is 2.16. The fourth-order valence-corrected chi connectivity index (χ4v) is 1.75. The van der Waals surface area contributed by atoms with E-state index in [0.717, 1.165) is 13.1 Å². The first-order valence-corrected chi connectivity index (χ1v) is 5.93. The smallest absolute Gasteiger partial charge is 0.00639 e. The van der Waals surface area contributed by atoms with E-state index in [-0.39, 0.29) is 0 Å². The van der Waals surface area contributed by atoms with E-state index in [9.17, 15) is 0 Å². The molecule has 0 aromatic heterocycles. The standard InChI is InChI=1S/C12H28N2/c1-6-7-11(4)14(5)9-12(8-13)10(2)3/h10-12H,6-9,13H2,1-5H3. The minimum absolute atomic E-state index is 0.638. The predicted molar refractivity (Wildman–Crippen MR) is 64.4 cm³/mol. The first-order valence-electron chi connectivity index (χ1n) is 5.93. The van der Waals surface area contributed by atoms with Crippen LogP contribution in [0, 0.1) is 11.8 Å². The summed E-state index contributed by atoms with van der Waals surface area (Å²) in [7, 11) is 2.21. The van der Waals surface area contributed by atoms with E-state index in [1.807, 2.05) is 0 Å². The van der Waals surface area contributed by atoms with Crippen molar-refractivity contribution in [1.82, 2.24) is 4.90 Å². The number of rotatable bonds is 7. The molecule has 2 unspecified atom stereocenters. The fourth-order valence-electron chi connectivity index (χ4n) is 1.75. The molecule has 14 heavy (non-hydrogen) atoms. The van der Waals surface area contributed by atoms with Gasteiger partial charge in [0.1, 0.15) is 0 Å². The van der Waals surface area contributed by atoms with Crippen molar-refractivity contribution in [2.45, 2.75) is 46.6 Å². The average molecular weight is 200 g/mol. The molecule has 0 saturated heterocycles. The number of nitrogens with two attached hydrogens (primary N) is 1. The summed E-state index contributed by atoms with van der Waals surface area (Å²) in [5.41, 5.74) is 5.77. The maximum absolute atomic E-state index is 5.77. The van der Waals surface area contributed by atoms with Crippen LogP contribution in [-0.2, 0) is 0 Å². The molecule has 0 radical (unpaired) electrons. The van der Waals surface area contributed by atoms with Crippen LogP contribution >= 0.6 is 0 Å². The number of nitrogens with zero attached hydrogens (tertiary/aromatic N) is 1. The Hall–Kier alpha value is -0.0800. The molecule has 2 atom stereocenters. The summed E-state index contributed by atoms with van der Waals surface area (Å²) in [6, 6.07) is 0.688. The van der Waals surface area contributed by atoms with Crippen LogP contribution in [0.1, 0.15) is 40.5 Å². The van der Waals surface area contributed by atoms with Gasteiger partial charge >= 0.3 is 0 Å². The molecule has 0 amide bonds. The molecule has 0 aliphatic carbocycles. The van der Waals surface area contributed by atoms with Crippen molar-refractivity contribution < 1.29 is 0 Å². The van der Waals surface area contributed by atoms with E-state index in [0.29, 0.717) is 17.9 Å². The van der Waals surface area contributed by atoms with Crippen molar-refractivity contribution >= 4 is 0 Å². The third kappa shape index (κ3) is 4.97. The van der Waals surface area contributed by atoms with Crippen molar-refractivity contribution in [3.63, 3.8) is 0 Å². The molecule has 86 valence electrons. The minimum Gasteiger partial charge on any atom is -0.330 e. The topological polar surface area (TPSA) is 29.3 Å². The third-order valence-electron chi connectivity index (χ3n) is 3.23. The van der Waals surface area contributed by atoms with Gasteiger partial charge in [0.05, 0.1) is 0 Å². The quantitative estimate of drug-likeness (QED) is 0.683. The van der Waals surface area contributed by atoms with Crippen molar-refractivity contribution in [1.29, 1.82) is 0 Å². The molecule has 0 aromatic rings. The zero-order valence-corrected chi connectivity index (χ0v) is 10.6. The zero-order valence-electron chi connectivity index (χ0n) is 10.6. The monoisotopic (exact) mass is 200 g/mol. The van der Waals surface area contributed by atoms with Gasteiger partial charge in [-0.3, -0.25) is 0 Å². The molecule has 2 N–H and O–H groups in total. The van der Waals surface area contributed by atoms with Crippen molar-refractivity contribution in [3.05, 3.63) is 0 Å². The maximum Gasteiger partial charge on any atom is 0.00639 e. The van der Waals surface area contributed by atoms with Crippen LogP contribution in [0.4, 0.5) is 0 Å². The normalized spacial score (nSPS) is 16.3.